The highest BCUT2D eigenvalue weighted by molar-refractivity contribution is 7.99. The van der Waals surface area contributed by atoms with E-state index >= 15 is 0 Å². The van der Waals surface area contributed by atoms with Gasteiger partial charge in [0.05, 0.1) is 11.4 Å². The number of carbonyl (C=O) groups is 1. The molecule has 0 unspecified atom stereocenters. The Morgan fingerprint density at radius 3 is 2.48 bits per heavy atom. The van der Waals surface area contributed by atoms with Crippen LogP contribution in [-0.2, 0) is 11.3 Å². The molecule has 0 radical (unpaired) electrons. The number of hydrogen-bond donors (Lipinski definition) is 0. The molecule has 4 nitrogen and oxygen atoms in total. The number of nitrogens with zero attached hydrogens (tertiary/aromatic N) is 3. The highest BCUT2D eigenvalue weighted by Crippen LogP contribution is 2.34. The van der Waals surface area contributed by atoms with E-state index in [2.05, 4.69) is 49.6 Å². The summed E-state index contributed by atoms with van der Waals surface area (Å²) < 4.78 is 2.40. The highest BCUT2D eigenvalue weighted by atomic mass is 32.2. The van der Waals surface area contributed by atoms with Crippen LogP contribution in [0.4, 0.5) is 0 Å². The second kappa shape index (κ2) is 8.96. The first-order valence-corrected chi connectivity index (χ1v) is 10.9. The van der Waals surface area contributed by atoms with Crippen LogP contribution < -0.4 is 0 Å². The van der Waals surface area contributed by atoms with Crippen molar-refractivity contribution in [1.82, 2.24) is 14.5 Å². The molecule has 1 aliphatic rings. The lowest BCUT2D eigenvalue weighted by Gasteiger charge is -2.26. The summed E-state index contributed by atoms with van der Waals surface area (Å²) in [5.74, 6) is 0.583. The minimum atomic E-state index is 0.147. The van der Waals surface area contributed by atoms with Crippen molar-refractivity contribution in [2.24, 2.45) is 0 Å². The Hall–Kier alpha value is -1.75. The maximum atomic E-state index is 12.6. The van der Waals surface area contributed by atoms with Crippen molar-refractivity contribution in [3.05, 3.63) is 46.8 Å². The van der Waals surface area contributed by atoms with Crippen molar-refractivity contribution in [2.75, 3.05) is 12.8 Å². The number of aromatic nitrogens is 2. The van der Waals surface area contributed by atoms with Crippen molar-refractivity contribution in [3.8, 4) is 0 Å². The third kappa shape index (κ3) is 4.95. The number of imidazole rings is 1. The second-order valence-corrected chi connectivity index (χ2v) is 8.69. The van der Waals surface area contributed by atoms with E-state index in [0.29, 0.717) is 18.3 Å². The lowest BCUT2D eigenvalue weighted by atomic mass is 9.95. The number of carbonyl (C=O) groups excluding carboxylic acids is 1. The Balaban J connectivity index is 1.62. The summed E-state index contributed by atoms with van der Waals surface area (Å²) in [5, 5.41) is 1.01. The fourth-order valence-electron chi connectivity index (χ4n) is 3.76. The Bertz CT molecular complexity index is 776. The zero-order valence-electron chi connectivity index (χ0n) is 17.0. The van der Waals surface area contributed by atoms with E-state index in [1.807, 2.05) is 11.9 Å². The Morgan fingerprint density at radius 2 is 1.81 bits per heavy atom. The minimum Gasteiger partial charge on any atom is -0.341 e. The van der Waals surface area contributed by atoms with Crippen molar-refractivity contribution in [3.63, 3.8) is 0 Å². The second-order valence-electron chi connectivity index (χ2n) is 7.75. The van der Waals surface area contributed by atoms with Gasteiger partial charge in [0, 0.05) is 25.3 Å². The zero-order chi connectivity index (χ0) is 19.4. The van der Waals surface area contributed by atoms with Crippen molar-refractivity contribution in [1.29, 1.82) is 0 Å². The molecule has 0 spiro atoms. The van der Waals surface area contributed by atoms with Crippen LogP contribution in [0, 0.1) is 20.8 Å². The summed E-state index contributed by atoms with van der Waals surface area (Å²) >= 11 is 1.59. The van der Waals surface area contributed by atoms with Gasteiger partial charge in [0.25, 0.3) is 0 Å². The fourth-order valence-corrected chi connectivity index (χ4v) is 4.86. The molecule has 1 aliphatic carbocycles. The van der Waals surface area contributed by atoms with Crippen LogP contribution in [-0.4, -0.2) is 33.2 Å². The molecule has 1 amide bonds. The summed E-state index contributed by atoms with van der Waals surface area (Å²) in [6, 6.07) is 8.91. The van der Waals surface area contributed by atoms with Crippen LogP contribution in [0.2, 0.25) is 0 Å². The van der Waals surface area contributed by atoms with Crippen LogP contribution >= 0.6 is 11.8 Å². The average Bonchev–Trinajstić information content (AvgIpc) is 2.96. The molecular formula is C22H31N3OS. The van der Waals surface area contributed by atoms with E-state index in [1.54, 1.807) is 11.8 Å². The van der Waals surface area contributed by atoms with Gasteiger partial charge in [-0.3, -0.25) is 4.79 Å². The number of benzene rings is 1. The van der Waals surface area contributed by atoms with Gasteiger partial charge in [-0.25, -0.2) is 4.98 Å². The quantitative estimate of drug-likeness (QED) is 0.652. The van der Waals surface area contributed by atoms with Crippen LogP contribution in [0.25, 0.3) is 0 Å². The summed E-state index contributed by atoms with van der Waals surface area (Å²) in [7, 11) is 1.88. The molecule has 146 valence electrons. The molecule has 1 aromatic carbocycles. The van der Waals surface area contributed by atoms with Gasteiger partial charge in [-0.1, -0.05) is 60.9 Å². The molecule has 27 heavy (non-hydrogen) atoms. The van der Waals surface area contributed by atoms with E-state index in [-0.39, 0.29) is 5.91 Å². The first kappa shape index (κ1) is 20.0. The molecule has 1 fully saturated rings. The Labute approximate surface area is 167 Å². The molecule has 1 saturated carbocycles. The van der Waals surface area contributed by atoms with Gasteiger partial charge in [0.1, 0.15) is 0 Å². The molecular weight excluding hydrogens is 354 g/mol. The van der Waals surface area contributed by atoms with Crippen LogP contribution in [0.1, 0.15) is 60.7 Å². The van der Waals surface area contributed by atoms with Crippen molar-refractivity contribution < 1.29 is 4.79 Å². The van der Waals surface area contributed by atoms with Crippen LogP contribution in [0.15, 0.2) is 29.4 Å². The molecule has 5 heteroatoms. The number of hydrogen-bond acceptors (Lipinski definition) is 3. The van der Waals surface area contributed by atoms with Gasteiger partial charge in [-0.05, 0) is 39.2 Å². The fraction of sp³-hybridized carbons (Fsp3) is 0.545. The van der Waals surface area contributed by atoms with Crippen LogP contribution in [0.3, 0.4) is 0 Å². The number of thioether (sulfide) groups is 1. The molecule has 0 bridgehead atoms. The molecule has 0 N–H and O–H groups in total. The van der Waals surface area contributed by atoms with E-state index in [4.69, 9.17) is 4.98 Å². The van der Waals surface area contributed by atoms with Gasteiger partial charge in [0.15, 0.2) is 5.16 Å². The molecule has 0 atom stereocenters. The molecule has 1 heterocycles. The van der Waals surface area contributed by atoms with Gasteiger partial charge in [-0.2, -0.15) is 0 Å². The molecule has 3 rings (SSSR count). The van der Waals surface area contributed by atoms with E-state index < -0.39 is 0 Å². The predicted octanol–water partition coefficient (Wildman–Crippen LogP) is 5.06. The molecule has 0 saturated heterocycles. The first-order chi connectivity index (χ1) is 13.0. The topological polar surface area (TPSA) is 38.1 Å². The maximum Gasteiger partial charge on any atom is 0.233 e. The molecule has 0 aliphatic heterocycles. The molecule has 2 aromatic rings. The Morgan fingerprint density at radius 1 is 1.15 bits per heavy atom. The van der Waals surface area contributed by atoms with Crippen molar-refractivity contribution in [2.45, 2.75) is 70.6 Å². The van der Waals surface area contributed by atoms with Crippen LogP contribution in [0.5, 0.6) is 0 Å². The average molecular weight is 386 g/mol. The lowest BCUT2D eigenvalue weighted by molar-refractivity contribution is -0.127. The monoisotopic (exact) mass is 385 g/mol. The SMILES string of the molecule is Cc1ccc(CN(C)C(=O)CSc2nc(C)c(C)n2C2CCCCC2)cc1. The zero-order valence-corrected chi connectivity index (χ0v) is 17.8. The summed E-state index contributed by atoms with van der Waals surface area (Å²) in [5.41, 5.74) is 4.74. The van der Waals surface area contributed by atoms with Gasteiger partial charge < -0.3 is 9.47 Å². The number of aryl methyl sites for hydroxylation is 2. The highest BCUT2D eigenvalue weighted by Gasteiger charge is 2.23. The molecule has 1 aromatic heterocycles. The Kier molecular flexibility index (Phi) is 6.64. The largest absolute Gasteiger partial charge is 0.341 e. The number of rotatable bonds is 6. The van der Waals surface area contributed by atoms with E-state index in [1.165, 1.54) is 43.4 Å². The number of amides is 1. The summed E-state index contributed by atoms with van der Waals surface area (Å²) in [6.45, 7) is 6.96. The third-order valence-electron chi connectivity index (χ3n) is 5.59. The summed E-state index contributed by atoms with van der Waals surface area (Å²) in [4.78, 5) is 19.2. The minimum absolute atomic E-state index is 0.147. The smallest absolute Gasteiger partial charge is 0.233 e. The normalized spacial score (nSPS) is 15.1. The first-order valence-electron chi connectivity index (χ1n) is 9.93. The third-order valence-corrected chi connectivity index (χ3v) is 6.52. The standard InChI is InChI=1S/C22H31N3OS/c1-16-10-12-19(13-11-16)14-24(4)21(26)15-27-22-23-17(2)18(3)25(22)20-8-6-5-7-9-20/h10-13,20H,5-9,14-15H2,1-4H3. The van der Waals surface area contributed by atoms with Gasteiger partial charge in [0.2, 0.25) is 5.91 Å². The van der Waals surface area contributed by atoms with E-state index in [9.17, 15) is 4.79 Å². The lowest BCUT2D eigenvalue weighted by Crippen LogP contribution is -2.28. The maximum absolute atomic E-state index is 12.6. The summed E-state index contributed by atoms with van der Waals surface area (Å²) in [6.07, 6.45) is 6.39. The van der Waals surface area contributed by atoms with Crippen molar-refractivity contribution >= 4 is 17.7 Å². The van der Waals surface area contributed by atoms with E-state index in [0.717, 1.165) is 16.4 Å². The van der Waals surface area contributed by atoms with Gasteiger partial charge in [-0.15, -0.1) is 0 Å². The predicted molar refractivity (Wildman–Crippen MR) is 112 cm³/mol. The van der Waals surface area contributed by atoms with Gasteiger partial charge >= 0.3 is 0 Å².